The Balaban J connectivity index is 1.61. The molecule has 6 nitrogen and oxygen atoms in total. The third-order valence-corrected chi connectivity index (χ3v) is 4.89. The van der Waals surface area contributed by atoms with Crippen LogP contribution >= 0.6 is 11.8 Å². The number of amides is 1. The van der Waals surface area contributed by atoms with Gasteiger partial charge in [-0.05, 0) is 42.0 Å². The minimum Gasteiger partial charge on any atom is -0.497 e. The maximum atomic E-state index is 12.2. The lowest BCUT2D eigenvalue weighted by molar-refractivity contribution is -0.118. The fraction of sp³-hybridized carbons (Fsp3) is 0.143. The number of hydrogen-bond acceptors (Lipinski definition) is 6. The van der Waals surface area contributed by atoms with Gasteiger partial charge in [0.25, 0.3) is 0 Å². The van der Waals surface area contributed by atoms with E-state index in [1.165, 1.54) is 11.8 Å². The van der Waals surface area contributed by atoms with Crippen LogP contribution in [0.1, 0.15) is 11.1 Å². The standard InChI is InChI=1S/C21H18N4O2S/c1-27-17-8-5-15(6-9-17)13-24-20(26)14-28-21-16(12-22)7-10-19(25-21)18-4-2-3-11-23-18/h2-11H,13-14H2,1H3,(H,24,26). The van der Waals surface area contributed by atoms with Crippen LogP contribution < -0.4 is 10.1 Å². The molecule has 0 fully saturated rings. The zero-order chi connectivity index (χ0) is 19.8. The molecule has 2 aromatic heterocycles. The molecule has 28 heavy (non-hydrogen) atoms. The van der Waals surface area contributed by atoms with Crippen molar-refractivity contribution in [1.29, 1.82) is 5.26 Å². The number of thioether (sulfide) groups is 1. The van der Waals surface area contributed by atoms with Crippen molar-refractivity contribution in [2.45, 2.75) is 11.6 Å². The van der Waals surface area contributed by atoms with Gasteiger partial charge in [-0.2, -0.15) is 5.26 Å². The molecular formula is C21H18N4O2S. The van der Waals surface area contributed by atoms with Crippen molar-refractivity contribution in [1.82, 2.24) is 15.3 Å². The number of methoxy groups -OCH3 is 1. The Hall–Kier alpha value is -3.37. The number of nitrogens with one attached hydrogen (secondary N) is 1. The van der Waals surface area contributed by atoms with E-state index >= 15 is 0 Å². The Labute approximate surface area is 167 Å². The number of ether oxygens (including phenoxy) is 1. The maximum absolute atomic E-state index is 12.2. The number of aromatic nitrogens is 2. The minimum absolute atomic E-state index is 0.130. The third-order valence-electron chi connectivity index (χ3n) is 3.90. The smallest absolute Gasteiger partial charge is 0.230 e. The summed E-state index contributed by atoms with van der Waals surface area (Å²) < 4.78 is 5.12. The summed E-state index contributed by atoms with van der Waals surface area (Å²) in [5.41, 5.74) is 2.80. The van der Waals surface area contributed by atoms with E-state index in [1.807, 2.05) is 42.5 Å². The summed E-state index contributed by atoms with van der Waals surface area (Å²) in [6.45, 7) is 0.426. The van der Waals surface area contributed by atoms with Crippen molar-refractivity contribution in [3.63, 3.8) is 0 Å². The molecule has 0 saturated heterocycles. The average Bonchev–Trinajstić information content (AvgIpc) is 2.77. The third kappa shape index (κ3) is 5.09. The zero-order valence-electron chi connectivity index (χ0n) is 15.3. The van der Waals surface area contributed by atoms with E-state index < -0.39 is 0 Å². The van der Waals surface area contributed by atoms with E-state index in [0.29, 0.717) is 22.8 Å². The molecule has 1 aromatic carbocycles. The lowest BCUT2D eigenvalue weighted by atomic mass is 10.2. The van der Waals surface area contributed by atoms with Crippen molar-refractivity contribution in [3.05, 3.63) is 71.9 Å². The Bertz CT molecular complexity index is 986. The summed E-state index contributed by atoms with van der Waals surface area (Å²) >= 11 is 1.24. The number of carbonyl (C=O) groups excluding carboxylic acids is 1. The number of nitrogens with zero attached hydrogens (tertiary/aromatic N) is 3. The summed E-state index contributed by atoms with van der Waals surface area (Å²) in [6, 6.07) is 18.6. The lowest BCUT2D eigenvalue weighted by Gasteiger charge is -2.08. The van der Waals surface area contributed by atoms with Gasteiger partial charge in [0, 0.05) is 12.7 Å². The maximum Gasteiger partial charge on any atom is 0.230 e. The quantitative estimate of drug-likeness (QED) is 0.622. The Morgan fingerprint density at radius 1 is 1.14 bits per heavy atom. The highest BCUT2D eigenvalue weighted by molar-refractivity contribution is 8.00. The second-order valence-electron chi connectivity index (χ2n) is 5.79. The molecule has 1 N–H and O–H groups in total. The Kier molecular flexibility index (Phi) is 6.60. The van der Waals surface area contributed by atoms with Crippen LogP contribution in [0.25, 0.3) is 11.4 Å². The second kappa shape index (κ2) is 9.53. The second-order valence-corrected chi connectivity index (χ2v) is 6.75. The molecule has 0 bridgehead atoms. The van der Waals surface area contributed by atoms with E-state index in [4.69, 9.17) is 4.74 Å². The van der Waals surface area contributed by atoms with E-state index in [1.54, 1.807) is 25.4 Å². The van der Waals surface area contributed by atoms with Crippen LogP contribution in [0.4, 0.5) is 0 Å². The number of benzene rings is 1. The van der Waals surface area contributed by atoms with Crippen LogP contribution in [-0.4, -0.2) is 28.7 Å². The molecular weight excluding hydrogens is 372 g/mol. The monoisotopic (exact) mass is 390 g/mol. The summed E-state index contributed by atoms with van der Waals surface area (Å²) in [6.07, 6.45) is 1.69. The van der Waals surface area contributed by atoms with Crippen molar-refractivity contribution >= 4 is 17.7 Å². The van der Waals surface area contributed by atoms with Crippen molar-refractivity contribution in [3.8, 4) is 23.2 Å². The highest BCUT2D eigenvalue weighted by atomic mass is 32.2. The molecule has 0 atom stereocenters. The topological polar surface area (TPSA) is 87.9 Å². The Morgan fingerprint density at radius 3 is 2.64 bits per heavy atom. The van der Waals surface area contributed by atoms with Gasteiger partial charge in [-0.25, -0.2) is 4.98 Å². The number of nitriles is 1. The van der Waals surface area contributed by atoms with E-state index in [2.05, 4.69) is 21.4 Å². The summed E-state index contributed by atoms with van der Waals surface area (Å²) in [7, 11) is 1.61. The van der Waals surface area contributed by atoms with E-state index in [9.17, 15) is 10.1 Å². The summed E-state index contributed by atoms with van der Waals surface area (Å²) in [5.74, 6) is 0.812. The van der Waals surface area contributed by atoms with Gasteiger partial charge in [-0.15, -0.1) is 0 Å². The molecule has 2 heterocycles. The van der Waals surface area contributed by atoms with Crippen LogP contribution in [0.15, 0.2) is 65.8 Å². The Morgan fingerprint density at radius 2 is 1.96 bits per heavy atom. The summed E-state index contributed by atoms with van der Waals surface area (Å²) in [4.78, 5) is 21.0. The molecule has 0 aliphatic carbocycles. The minimum atomic E-state index is -0.130. The number of rotatable bonds is 7. The van der Waals surface area contributed by atoms with Gasteiger partial charge >= 0.3 is 0 Å². The van der Waals surface area contributed by atoms with Crippen LogP contribution in [-0.2, 0) is 11.3 Å². The molecule has 7 heteroatoms. The molecule has 0 aliphatic rings. The van der Waals surface area contributed by atoms with Gasteiger partial charge in [0.2, 0.25) is 5.91 Å². The predicted octanol–water partition coefficient (Wildman–Crippen LogP) is 3.43. The van der Waals surface area contributed by atoms with Crippen LogP contribution in [0.2, 0.25) is 0 Å². The first-order valence-corrected chi connectivity index (χ1v) is 9.53. The molecule has 0 unspecified atom stereocenters. The van der Waals surface area contributed by atoms with Crippen LogP contribution in [0.5, 0.6) is 5.75 Å². The van der Waals surface area contributed by atoms with Crippen molar-refractivity contribution < 1.29 is 9.53 Å². The molecule has 1 amide bonds. The molecule has 3 aromatic rings. The highest BCUT2D eigenvalue weighted by Gasteiger charge is 2.11. The van der Waals surface area contributed by atoms with Crippen LogP contribution in [0.3, 0.4) is 0 Å². The summed E-state index contributed by atoms with van der Waals surface area (Å²) in [5, 5.41) is 12.7. The normalized spacial score (nSPS) is 10.1. The first-order chi connectivity index (χ1) is 13.7. The number of carbonyl (C=O) groups is 1. The fourth-order valence-electron chi connectivity index (χ4n) is 2.42. The first-order valence-electron chi connectivity index (χ1n) is 8.54. The molecule has 3 rings (SSSR count). The van der Waals surface area contributed by atoms with E-state index in [-0.39, 0.29) is 11.7 Å². The fourth-order valence-corrected chi connectivity index (χ4v) is 3.22. The van der Waals surface area contributed by atoms with Gasteiger partial charge in [-0.3, -0.25) is 9.78 Å². The predicted molar refractivity (Wildman–Crippen MR) is 108 cm³/mol. The number of pyridine rings is 2. The molecule has 0 spiro atoms. The van der Waals surface area contributed by atoms with Gasteiger partial charge in [-0.1, -0.05) is 30.0 Å². The van der Waals surface area contributed by atoms with Gasteiger partial charge in [0.1, 0.15) is 16.8 Å². The van der Waals surface area contributed by atoms with Crippen LogP contribution in [0, 0.1) is 11.3 Å². The average molecular weight is 390 g/mol. The van der Waals surface area contributed by atoms with Crippen molar-refractivity contribution in [2.75, 3.05) is 12.9 Å². The van der Waals surface area contributed by atoms with Crippen molar-refractivity contribution in [2.24, 2.45) is 0 Å². The molecule has 0 aliphatic heterocycles. The largest absolute Gasteiger partial charge is 0.497 e. The zero-order valence-corrected chi connectivity index (χ0v) is 16.1. The number of hydrogen-bond donors (Lipinski definition) is 1. The highest BCUT2D eigenvalue weighted by Crippen LogP contribution is 2.24. The molecule has 140 valence electrons. The lowest BCUT2D eigenvalue weighted by Crippen LogP contribution is -2.24. The van der Waals surface area contributed by atoms with Gasteiger partial charge in [0.15, 0.2) is 0 Å². The SMILES string of the molecule is COc1ccc(CNC(=O)CSc2nc(-c3ccccn3)ccc2C#N)cc1. The van der Waals surface area contributed by atoms with Gasteiger partial charge in [0.05, 0.1) is 29.8 Å². The van der Waals surface area contributed by atoms with E-state index in [0.717, 1.165) is 17.0 Å². The van der Waals surface area contributed by atoms with Gasteiger partial charge < -0.3 is 10.1 Å². The molecule has 0 radical (unpaired) electrons. The first kappa shape index (κ1) is 19.4. The molecule has 0 saturated carbocycles.